The number of amides is 1. The maximum absolute atomic E-state index is 11.7. The van der Waals surface area contributed by atoms with Crippen molar-refractivity contribution in [1.82, 2.24) is 0 Å². The van der Waals surface area contributed by atoms with E-state index in [0.717, 1.165) is 31.6 Å². The molecule has 1 N–H and O–H groups in total. The van der Waals surface area contributed by atoms with E-state index in [1.54, 1.807) is 12.1 Å². The third kappa shape index (κ3) is 3.82. The summed E-state index contributed by atoms with van der Waals surface area (Å²) in [5, 5.41) is 11.3. The summed E-state index contributed by atoms with van der Waals surface area (Å²) in [4.78, 5) is 25.4. The van der Waals surface area contributed by atoms with Gasteiger partial charge in [0.15, 0.2) is 5.78 Å². The minimum atomic E-state index is -0.350. The lowest BCUT2D eigenvalue weighted by Gasteiger charge is -2.30. The van der Waals surface area contributed by atoms with Gasteiger partial charge in [0.1, 0.15) is 6.42 Å². The average Bonchev–Trinajstić information content (AvgIpc) is 2.48. The average molecular weight is 285 g/mol. The van der Waals surface area contributed by atoms with E-state index < -0.39 is 0 Å². The summed E-state index contributed by atoms with van der Waals surface area (Å²) in [7, 11) is 0. The molecule has 110 valence electrons. The van der Waals surface area contributed by atoms with E-state index in [2.05, 4.69) is 10.2 Å². The van der Waals surface area contributed by atoms with Crippen LogP contribution in [0.15, 0.2) is 18.2 Å². The van der Waals surface area contributed by atoms with Gasteiger partial charge < -0.3 is 10.2 Å². The number of nitrogens with one attached hydrogen (secondary N) is 1. The topological polar surface area (TPSA) is 73.2 Å². The van der Waals surface area contributed by atoms with Gasteiger partial charge in [-0.25, -0.2) is 0 Å². The van der Waals surface area contributed by atoms with Gasteiger partial charge in [0, 0.05) is 18.7 Å². The third-order valence-electron chi connectivity index (χ3n) is 3.61. The molecule has 1 aromatic rings. The highest BCUT2D eigenvalue weighted by Crippen LogP contribution is 2.30. The number of ketones is 1. The molecule has 2 rings (SSSR count). The molecule has 0 radical (unpaired) electrons. The molecular weight excluding hydrogens is 266 g/mol. The summed E-state index contributed by atoms with van der Waals surface area (Å²) in [6.07, 6.45) is 3.28. The van der Waals surface area contributed by atoms with Crippen LogP contribution in [0.4, 0.5) is 11.4 Å². The van der Waals surface area contributed by atoms with Crippen LogP contribution >= 0.6 is 0 Å². The molecule has 0 spiro atoms. The van der Waals surface area contributed by atoms with Crippen LogP contribution in [0.25, 0.3) is 0 Å². The molecule has 0 aromatic heterocycles. The molecule has 0 atom stereocenters. The highest BCUT2D eigenvalue weighted by atomic mass is 16.1. The van der Waals surface area contributed by atoms with Crippen LogP contribution in [0.1, 0.15) is 43.0 Å². The normalized spacial score (nSPS) is 14.4. The van der Waals surface area contributed by atoms with Crippen LogP contribution in [0.2, 0.25) is 0 Å². The molecular formula is C16H19N3O2. The maximum Gasteiger partial charge on any atom is 0.238 e. The second-order valence-electron chi connectivity index (χ2n) is 5.22. The lowest BCUT2D eigenvalue weighted by atomic mass is 10.1. The van der Waals surface area contributed by atoms with Gasteiger partial charge in [-0.3, -0.25) is 9.59 Å². The smallest absolute Gasteiger partial charge is 0.238 e. The van der Waals surface area contributed by atoms with Crippen LogP contribution in [-0.4, -0.2) is 24.8 Å². The maximum atomic E-state index is 11.7. The van der Waals surface area contributed by atoms with E-state index >= 15 is 0 Å². The van der Waals surface area contributed by atoms with E-state index in [-0.39, 0.29) is 18.1 Å². The number of nitrogens with zero attached hydrogens (tertiary/aromatic N) is 2. The second kappa shape index (κ2) is 6.89. The zero-order chi connectivity index (χ0) is 15.2. The molecule has 5 nitrogen and oxygen atoms in total. The number of carbonyl (C=O) groups is 2. The van der Waals surface area contributed by atoms with Gasteiger partial charge in [0.25, 0.3) is 0 Å². The highest BCUT2D eigenvalue weighted by molar-refractivity contribution is 6.00. The summed E-state index contributed by atoms with van der Waals surface area (Å²) in [5.74, 6) is -0.396. The SMILES string of the molecule is CC(=O)c1ccc(N2CCCCC2)c(NC(=O)CC#N)c1. The summed E-state index contributed by atoms with van der Waals surface area (Å²) < 4.78 is 0. The second-order valence-corrected chi connectivity index (χ2v) is 5.22. The Labute approximate surface area is 124 Å². The Hall–Kier alpha value is -2.35. The van der Waals surface area contributed by atoms with Crippen LogP contribution in [0.5, 0.6) is 0 Å². The summed E-state index contributed by atoms with van der Waals surface area (Å²) in [6, 6.07) is 7.19. The van der Waals surface area contributed by atoms with E-state index in [1.807, 2.05) is 12.1 Å². The van der Waals surface area contributed by atoms with Crippen molar-refractivity contribution in [3.05, 3.63) is 23.8 Å². The van der Waals surface area contributed by atoms with Gasteiger partial charge in [0.2, 0.25) is 5.91 Å². The molecule has 0 bridgehead atoms. The lowest BCUT2D eigenvalue weighted by molar-refractivity contribution is -0.115. The molecule has 1 aliphatic heterocycles. The first kappa shape index (κ1) is 15.0. The fourth-order valence-electron chi connectivity index (χ4n) is 2.53. The minimum Gasteiger partial charge on any atom is -0.370 e. The molecule has 0 unspecified atom stereocenters. The predicted molar refractivity (Wildman–Crippen MR) is 81.4 cm³/mol. The van der Waals surface area contributed by atoms with Gasteiger partial charge in [-0.15, -0.1) is 0 Å². The summed E-state index contributed by atoms with van der Waals surface area (Å²) >= 11 is 0. The van der Waals surface area contributed by atoms with Crippen LogP contribution in [0.3, 0.4) is 0 Å². The Morgan fingerprint density at radius 3 is 2.62 bits per heavy atom. The molecule has 0 aliphatic carbocycles. The number of carbonyl (C=O) groups excluding carboxylic acids is 2. The monoisotopic (exact) mass is 285 g/mol. The first-order valence-corrected chi connectivity index (χ1v) is 7.18. The molecule has 1 fully saturated rings. The molecule has 1 amide bonds. The first-order chi connectivity index (χ1) is 10.1. The quantitative estimate of drug-likeness (QED) is 0.863. The van der Waals surface area contributed by atoms with Gasteiger partial charge >= 0.3 is 0 Å². The molecule has 1 saturated heterocycles. The predicted octanol–water partition coefficient (Wildman–Crippen LogP) is 2.73. The molecule has 1 aromatic carbocycles. The third-order valence-corrected chi connectivity index (χ3v) is 3.61. The summed E-state index contributed by atoms with van der Waals surface area (Å²) in [6.45, 7) is 3.39. The number of Topliss-reactive ketones (excluding diaryl/α,β-unsaturated/α-hetero) is 1. The van der Waals surface area contributed by atoms with Crippen molar-refractivity contribution in [2.75, 3.05) is 23.3 Å². The number of piperidine rings is 1. The number of nitriles is 1. The minimum absolute atomic E-state index is 0.0454. The van der Waals surface area contributed by atoms with Crippen LogP contribution in [0, 0.1) is 11.3 Å². The molecule has 1 aliphatic rings. The highest BCUT2D eigenvalue weighted by Gasteiger charge is 2.17. The molecule has 1 heterocycles. The van der Waals surface area contributed by atoms with Crippen molar-refractivity contribution >= 4 is 23.1 Å². The number of hydrogen-bond donors (Lipinski definition) is 1. The number of benzene rings is 1. The molecule has 0 saturated carbocycles. The van der Waals surface area contributed by atoms with Crippen LogP contribution < -0.4 is 10.2 Å². The fraction of sp³-hybridized carbons (Fsp3) is 0.438. The Bertz CT molecular complexity index is 584. The Kier molecular flexibility index (Phi) is 4.94. The summed E-state index contributed by atoms with van der Waals surface area (Å²) in [5.41, 5.74) is 2.10. The Morgan fingerprint density at radius 1 is 1.29 bits per heavy atom. The van der Waals surface area contributed by atoms with Crippen LogP contribution in [-0.2, 0) is 4.79 Å². The van der Waals surface area contributed by atoms with Gasteiger partial charge in [-0.05, 0) is 44.4 Å². The van der Waals surface area contributed by atoms with E-state index in [9.17, 15) is 9.59 Å². The lowest BCUT2D eigenvalue weighted by Crippen LogP contribution is -2.30. The van der Waals surface area contributed by atoms with Crippen molar-refractivity contribution < 1.29 is 9.59 Å². The standard InChI is InChI=1S/C16H19N3O2/c1-12(20)13-5-6-15(19-9-3-2-4-10-19)14(11-13)18-16(21)7-8-17/h5-6,11H,2-4,7,9-10H2,1H3,(H,18,21). The number of rotatable bonds is 4. The Balaban J connectivity index is 2.31. The van der Waals surface area contributed by atoms with Gasteiger partial charge in [0.05, 0.1) is 17.4 Å². The van der Waals surface area contributed by atoms with Crippen molar-refractivity contribution in [3.63, 3.8) is 0 Å². The van der Waals surface area contributed by atoms with Crippen molar-refractivity contribution in [1.29, 1.82) is 5.26 Å². The fourth-order valence-corrected chi connectivity index (χ4v) is 2.53. The van der Waals surface area contributed by atoms with E-state index in [4.69, 9.17) is 5.26 Å². The van der Waals surface area contributed by atoms with Crippen molar-refractivity contribution in [2.24, 2.45) is 0 Å². The Morgan fingerprint density at radius 2 is 2.00 bits per heavy atom. The molecule has 5 heteroatoms. The number of hydrogen-bond acceptors (Lipinski definition) is 4. The van der Waals surface area contributed by atoms with E-state index in [0.29, 0.717) is 11.3 Å². The first-order valence-electron chi connectivity index (χ1n) is 7.18. The largest absolute Gasteiger partial charge is 0.370 e. The van der Waals surface area contributed by atoms with Gasteiger partial charge in [-0.1, -0.05) is 0 Å². The molecule has 21 heavy (non-hydrogen) atoms. The zero-order valence-electron chi connectivity index (χ0n) is 12.2. The van der Waals surface area contributed by atoms with Crippen molar-refractivity contribution in [2.45, 2.75) is 32.6 Å². The van der Waals surface area contributed by atoms with Gasteiger partial charge in [-0.2, -0.15) is 5.26 Å². The van der Waals surface area contributed by atoms with Crippen molar-refractivity contribution in [3.8, 4) is 6.07 Å². The zero-order valence-corrected chi connectivity index (χ0v) is 12.2. The van der Waals surface area contributed by atoms with E-state index in [1.165, 1.54) is 13.3 Å². The number of anilines is 2.